The van der Waals surface area contributed by atoms with Crippen molar-refractivity contribution in [3.05, 3.63) is 0 Å². The molecule has 0 aromatic rings. The van der Waals surface area contributed by atoms with Gasteiger partial charge in [0.2, 0.25) is 0 Å². The lowest BCUT2D eigenvalue weighted by Crippen LogP contribution is -2.44. The first-order valence-electron chi connectivity index (χ1n) is 7.54. The van der Waals surface area contributed by atoms with Crippen LogP contribution in [0.4, 0.5) is 4.79 Å². The van der Waals surface area contributed by atoms with Crippen LogP contribution in [0.3, 0.4) is 0 Å². The van der Waals surface area contributed by atoms with Crippen molar-refractivity contribution in [1.29, 1.82) is 0 Å². The molecular formula is C15H30N2O3. The zero-order chi connectivity index (χ0) is 15.3. The Labute approximate surface area is 122 Å². The van der Waals surface area contributed by atoms with Crippen molar-refractivity contribution in [2.45, 2.75) is 65.2 Å². The fourth-order valence-electron chi connectivity index (χ4n) is 1.97. The van der Waals surface area contributed by atoms with Gasteiger partial charge in [0.25, 0.3) is 0 Å². The molecule has 0 spiro atoms. The predicted octanol–water partition coefficient (Wildman–Crippen LogP) is 2.39. The highest BCUT2D eigenvalue weighted by Gasteiger charge is 2.27. The van der Waals surface area contributed by atoms with Crippen LogP contribution in [0.25, 0.3) is 0 Å². The fourth-order valence-corrected chi connectivity index (χ4v) is 1.97. The molecule has 1 fully saturated rings. The van der Waals surface area contributed by atoms with E-state index < -0.39 is 5.60 Å². The smallest absolute Gasteiger partial charge is 0.410 e. The van der Waals surface area contributed by atoms with Crippen LogP contribution in [0, 0.1) is 5.92 Å². The zero-order valence-electron chi connectivity index (χ0n) is 13.5. The van der Waals surface area contributed by atoms with Gasteiger partial charge in [0.1, 0.15) is 5.60 Å². The number of carbonyl (C=O) groups is 1. The first kappa shape index (κ1) is 17.2. The highest BCUT2D eigenvalue weighted by atomic mass is 16.6. The molecule has 0 radical (unpaired) electrons. The lowest BCUT2D eigenvalue weighted by Gasteiger charge is -2.33. The summed E-state index contributed by atoms with van der Waals surface area (Å²) >= 11 is 0. The summed E-state index contributed by atoms with van der Waals surface area (Å²) in [5, 5.41) is 0. The van der Waals surface area contributed by atoms with Gasteiger partial charge in [-0.1, -0.05) is 13.8 Å². The molecule has 5 nitrogen and oxygen atoms in total. The molecule has 1 aliphatic heterocycles. The van der Waals surface area contributed by atoms with Crippen LogP contribution in [-0.2, 0) is 9.47 Å². The predicted molar refractivity (Wildman–Crippen MR) is 79.6 cm³/mol. The molecule has 2 N–H and O–H groups in total. The van der Waals surface area contributed by atoms with Gasteiger partial charge in [-0.2, -0.15) is 0 Å². The number of hydrogen-bond acceptors (Lipinski definition) is 4. The first-order valence-corrected chi connectivity index (χ1v) is 7.54. The van der Waals surface area contributed by atoms with Crippen molar-refractivity contribution in [3.63, 3.8) is 0 Å². The highest BCUT2D eigenvalue weighted by Crippen LogP contribution is 2.17. The number of nitrogens with zero attached hydrogens (tertiary/aromatic N) is 1. The quantitative estimate of drug-likeness (QED) is 0.862. The normalized spacial score (nSPS) is 19.2. The van der Waals surface area contributed by atoms with Crippen LogP contribution in [0.15, 0.2) is 0 Å². The van der Waals surface area contributed by atoms with E-state index in [4.69, 9.17) is 15.2 Å². The minimum absolute atomic E-state index is 0.0823. The van der Waals surface area contributed by atoms with Crippen LogP contribution in [-0.4, -0.2) is 48.4 Å². The number of likely N-dealkylation sites (tertiary alicyclic amines) is 1. The van der Waals surface area contributed by atoms with Gasteiger partial charge in [0, 0.05) is 19.1 Å². The lowest BCUT2D eigenvalue weighted by molar-refractivity contribution is -0.0169. The number of rotatable bonds is 4. The summed E-state index contributed by atoms with van der Waals surface area (Å²) in [6.45, 7) is 11.8. The Kier molecular flexibility index (Phi) is 6.27. The summed E-state index contributed by atoms with van der Waals surface area (Å²) in [5.41, 5.74) is 5.53. The van der Waals surface area contributed by atoms with Crippen molar-refractivity contribution in [2.24, 2.45) is 11.7 Å². The summed E-state index contributed by atoms with van der Waals surface area (Å²) in [4.78, 5) is 13.7. The maximum atomic E-state index is 11.9. The van der Waals surface area contributed by atoms with Gasteiger partial charge in [0.15, 0.2) is 0 Å². The Morgan fingerprint density at radius 2 is 1.85 bits per heavy atom. The summed E-state index contributed by atoms with van der Waals surface area (Å²) in [7, 11) is 0. The third-order valence-corrected chi connectivity index (χ3v) is 3.47. The second kappa shape index (κ2) is 7.27. The molecule has 5 heteroatoms. The topological polar surface area (TPSA) is 64.8 Å². The summed E-state index contributed by atoms with van der Waals surface area (Å²) in [6.07, 6.45) is 1.68. The van der Waals surface area contributed by atoms with Gasteiger partial charge in [0.05, 0.1) is 12.7 Å². The van der Waals surface area contributed by atoms with Crippen molar-refractivity contribution in [2.75, 3.05) is 19.7 Å². The second-order valence-electron chi connectivity index (χ2n) is 6.91. The van der Waals surface area contributed by atoms with E-state index in [1.54, 1.807) is 4.90 Å². The van der Waals surface area contributed by atoms with Gasteiger partial charge < -0.3 is 20.1 Å². The van der Waals surface area contributed by atoms with Crippen LogP contribution in [0.5, 0.6) is 0 Å². The maximum absolute atomic E-state index is 11.9. The Hall–Kier alpha value is -0.810. The fraction of sp³-hybridized carbons (Fsp3) is 0.933. The summed E-state index contributed by atoms with van der Waals surface area (Å²) in [6, 6.07) is 0.0823. The van der Waals surface area contributed by atoms with Crippen LogP contribution in [0.1, 0.15) is 47.5 Å². The van der Waals surface area contributed by atoms with E-state index in [2.05, 4.69) is 13.8 Å². The summed E-state index contributed by atoms with van der Waals surface area (Å²) in [5.74, 6) is 0.428. The molecule has 1 atom stereocenters. The van der Waals surface area contributed by atoms with Crippen LogP contribution >= 0.6 is 0 Å². The van der Waals surface area contributed by atoms with E-state index in [9.17, 15) is 4.79 Å². The average molecular weight is 286 g/mol. The number of hydrogen-bond donors (Lipinski definition) is 1. The molecule has 20 heavy (non-hydrogen) atoms. The van der Waals surface area contributed by atoms with Crippen molar-refractivity contribution < 1.29 is 14.3 Å². The average Bonchev–Trinajstić information content (AvgIpc) is 2.34. The molecule has 0 aromatic carbocycles. The Morgan fingerprint density at radius 3 is 2.30 bits per heavy atom. The molecule has 1 saturated heterocycles. The van der Waals surface area contributed by atoms with Crippen molar-refractivity contribution in [3.8, 4) is 0 Å². The lowest BCUT2D eigenvalue weighted by atomic mass is 10.1. The van der Waals surface area contributed by atoms with Gasteiger partial charge in [-0.15, -0.1) is 0 Å². The van der Waals surface area contributed by atoms with Gasteiger partial charge in [-0.25, -0.2) is 4.79 Å². The molecular weight excluding hydrogens is 256 g/mol. The van der Waals surface area contributed by atoms with Crippen LogP contribution in [0.2, 0.25) is 0 Å². The van der Waals surface area contributed by atoms with E-state index in [-0.39, 0.29) is 18.2 Å². The largest absolute Gasteiger partial charge is 0.444 e. The van der Waals surface area contributed by atoms with E-state index in [1.807, 2.05) is 20.8 Å². The molecule has 1 heterocycles. The molecule has 0 aromatic heterocycles. The molecule has 0 bridgehead atoms. The van der Waals surface area contributed by atoms with E-state index in [1.165, 1.54) is 0 Å². The molecule has 0 aliphatic carbocycles. The Morgan fingerprint density at radius 1 is 1.30 bits per heavy atom. The first-order chi connectivity index (χ1) is 9.19. The molecule has 1 aliphatic rings. The van der Waals surface area contributed by atoms with E-state index in [0.717, 1.165) is 12.8 Å². The third-order valence-electron chi connectivity index (χ3n) is 3.47. The van der Waals surface area contributed by atoms with Gasteiger partial charge >= 0.3 is 6.09 Å². The van der Waals surface area contributed by atoms with Crippen molar-refractivity contribution >= 4 is 6.09 Å². The SMILES string of the molecule is CC(C)C(N)COC1CCN(C(=O)OC(C)(C)C)CC1. The molecule has 118 valence electrons. The standard InChI is InChI=1S/C15H30N2O3/c1-11(2)13(16)10-19-12-6-8-17(9-7-12)14(18)20-15(3,4)5/h11-13H,6-10,16H2,1-5H3. The number of carbonyl (C=O) groups excluding carboxylic acids is 1. The number of piperidine rings is 1. The number of amides is 1. The number of nitrogens with two attached hydrogens (primary N) is 1. The monoisotopic (exact) mass is 286 g/mol. The van der Waals surface area contributed by atoms with Crippen LogP contribution < -0.4 is 5.73 Å². The van der Waals surface area contributed by atoms with Gasteiger partial charge in [-0.3, -0.25) is 0 Å². The molecule has 1 unspecified atom stereocenters. The van der Waals surface area contributed by atoms with Crippen molar-refractivity contribution in [1.82, 2.24) is 4.90 Å². The molecule has 1 amide bonds. The zero-order valence-corrected chi connectivity index (χ0v) is 13.5. The minimum Gasteiger partial charge on any atom is -0.444 e. The number of ether oxygens (including phenoxy) is 2. The summed E-state index contributed by atoms with van der Waals surface area (Å²) < 4.78 is 11.2. The Balaban J connectivity index is 2.28. The second-order valence-corrected chi connectivity index (χ2v) is 6.91. The molecule has 0 saturated carbocycles. The highest BCUT2D eigenvalue weighted by molar-refractivity contribution is 5.68. The van der Waals surface area contributed by atoms with E-state index in [0.29, 0.717) is 25.6 Å². The third kappa shape index (κ3) is 6.09. The maximum Gasteiger partial charge on any atom is 0.410 e. The van der Waals surface area contributed by atoms with E-state index >= 15 is 0 Å². The molecule has 1 rings (SSSR count). The Bertz CT molecular complexity index is 305. The minimum atomic E-state index is -0.436. The van der Waals surface area contributed by atoms with Gasteiger partial charge in [-0.05, 0) is 39.5 Å².